The van der Waals surface area contributed by atoms with E-state index in [1.165, 1.54) is 38.9 Å². The molecule has 1 aliphatic carbocycles. The molecule has 2 fully saturated rings. The smallest absolute Gasteiger partial charge is 0.0198 e. The first-order valence-electron chi connectivity index (χ1n) is 7.38. The average molecular weight is 238 g/mol. The normalized spacial score (nSPS) is 31.8. The fourth-order valence-corrected chi connectivity index (χ4v) is 2.87. The van der Waals surface area contributed by atoms with Gasteiger partial charge in [0.25, 0.3) is 0 Å². The molecule has 2 unspecified atom stereocenters. The van der Waals surface area contributed by atoms with Gasteiger partial charge in [0.2, 0.25) is 0 Å². The Labute approximate surface area is 107 Å². The Hall–Kier alpha value is -0.0800. The summed E-state index contributed by atoms with van der Waals surface area (Å²) in [6.07, 6.45) is 4.31. The van der Waals surface area contributed by atoms with Gasteiger partial charge in [-0.25, -0.2) is 0 Å². The zero-order valence-electron chi connectivity index (χ0n) is 12.1. The van der Waals surface area contributed by atoms with E-state index in [1.807, 2.05) is 0 Å². The lowest BCUT2D eigenvalue weighted by Crippen LogP contribution is -2.50. The standard InChI is InChI=1S/C15H30N2/c1-12-7-14(16-11-15(2,3)4)10-17(8-12)9-13-5-6-13/h12-14,16H,5-11H2,1-4H3. The molecule has 0 aromatic heterocycles. The highest BCUT2D eigenvalue weighted by Gasteiger charge is 2.30. The van der Waals surface area contributed by atoms with E-state index in [9.17, 15) is 0 Å². The highest BCUT2D eigenvalue weighted by Crippen LogP contribution is 2.31. The molecule has 0 radical (unpaired) electrons. The molecule has 100 valence electrons. The number of rotatable bonds is 4. The van der Waals surface area contributed by atoms with E-state index in [1.54, 1.807) is 0 Å². The monoisotopic (exact) mass is 238 g/mol. The zero-order chi connectivity index (χ0) is 12.5. The van der Waals surface area contributed by atoms with Crippen LogP contribution in [0.15, 0.2) is 0 Å². The van der Waals surface area contributed by atoms with Crippen molar-refractivity contribution in [3.05, 3.63) is 0 Å². The fourth-order valence-electron chi connectivity index (χ4n) is 2.87. The van der Waals surface area contributed by atoms with Crippen molar-refractivity contribution in [3.63, 3.8) is 0 Å². The third-order valence-electron chi connectivity index (χ3n) is 3.87. The summed E-state index contributed by atoms with van der Waals surface area (Å²) in [6.45, 7) is 14.4. The summed E-state index contributed by atoms with van der Waals surface area (Å²) < 4.78 is 0. The van der Waals surface area contributed by atoms with Crippen molar-refractivity contribution in [3.8, 4) is 0 Å². The van der Waals surface area contributed by atoms with Crippen molar-refractivity contribution in [2.75, 3.05) is 26.2 Å². The van der Waals surface area contributed by atoms with Crippen LogP contribution >= 0.6 is 0 Å². The summed E-state index contributed by atoms with van der Waals surface area (Å²) in [7, 11) is 0. The lowest BCUT2D eigenvalue weighted by molar-refractivity contribution is 0.138. The van der Waals surface area contributed by atoms with E-state index in [0.717, 1.165) is 24.4 Å². The van der Waals surface area contributed by atoms with Gasteiger partial charge in [-0.3, -0.25) is 0 Å². The maximum atomic E-state index is 3.77. The van der Waals surface area contributed by atoms with Gasteiger partial charge < -0.3 is 10.2 Å². The van der Waals surface area contributed by atoms with Gasteiger partial charge in [-0.2, -0.15) is 0 Å². The predicted octanol–water partition coefficient (Wildman–Crippen LogP) is 2.74. The van der Waals surface area contributed by atoms with Gasteiger partial charge in [0.1, 0.15) is 0 Å². The molecule has 0 bridgehead atoms. The second-order valence-corrected chi connectivity index (χ2v) is 7.64. The van der Waals surface area contributed by atoms with Crippen molar-refractivity contribution in [1.82, 2.24) is 10.2 Å². The van der Waals surface area contributed by atoms with Crippen LogP contribution in [0.5, 0.6) is 0 Å². The number of nitrogens with one attached hydrogen (secondary N) is 1. The Balaban J connectivity index is 1.76. The van der Waals surface area contributed by atoms with Gasteiger partial charge >= 0.3 is 0 Å². The molecule has 0 aromatic rings. The Morgan fingerprint density at radius 2 is 1.88 bits per heavy atom. The molecule has 1 aliphatic heterocycles. The minimum atomic E-state index is 0.405. The summed E-state index contributed by atoms with van der Waals surface area (Å²) >= 11 is 0. The van der Waals surface area contributed by atoms with E-state index in [0.29, 0.717) is 5.41 Å². The van der Waals surface area contributed by atoms with Crippen molar-refractivity contribution in [2.45, 2.75) is 53.0 Å². The van der Waals surface area contributed by atoms with E-state index in [-0.39, 0.29) is 0 Å². The Morgan fingerprint density at radius 1 is 1.18 bits per heavy atom. The average Bonchev–Trinajstić information content (AvgIpc) is 2.97. The molecule has 0 spiro atoms. The van der Waals surface area contributed by atoms with Crippen molar-refractivity contribution in [2.24, 2.45) is 17.3 Å². The van der Waals surface area contributed by atoms with Crippen LogP contribution in [0.3, 0.4) is 0 Å². The third-order valence-corrected chi connectivity index (χ3v) is 3.87. The lowest BCUT2D eigenvalue weighted by atomic mass is 9.92. The maximum Gasteiger partial charge on any atom is 0.0198 e. The van der Waals surface area contributed by atoms with Gasteiger partial charge in [-0.05, 0) is 36.5 Å². The number of nitrogens with zero attached hydrogens (tertiary/aromatic N) is 1. The van der Waals surface area contributed by atoms with Gasteiger partial charge in [0.15, 0.2) is 0 Å². The Bertz CT molecular complexity index is 238. The molecule has 2 heteroatoms. The summed E-state index contributed by atoms with van der Waals surface area (Å²) in [4.78, 5) is 2.70. The highest BCUT2D eigenvalue weighted by molar-refractivity contribution is 4.86. The Kier molecular flexibility index (Phi) is 4.14. The zero-order valence-corrected chi connectivity index (χ0v) is 12.1. The molecule has 0 aromatic carbocycles. The molecule has 17 heavy (non-hydrogen) atoms. The van der Waals surface area contributed by atoms with Gasteiger partial charge in [-0.1, -0.05) is 27.7 Å². The molecular weight excluding hydrogens is 208 g/mol. The maximum absolute atomic E-state index is 3.77. The second-order valence-electron chi connectivity index (χ2n) is 7.64. The number of hydrogen-bond donors (Lipinski definition) is 1. The molecule has 2 aliphatic rings. The lowest BCUT2D eigenvalue weighted by Gasteiger charge is -2.38. The van der Waals surface area contributed by atoms with E-state index >= 15 is 0 Å². The largest absolute Gasteiger partial charge is 0.312 e. The highest BCUT2D eigenvalue weighted by atomic mass is 15.2. The third kappa shape index (κ3) is 4.97. The van der Waals surface area contributed by atoms with Crippen LogP contribution in [-0.2, 0) is 0 Å². The van der Waals surface area contributed by atoms with Crippen LogP contribution in [0.25, 0.3) is 0 Å². The van der Waals surface area contributed by atoms with Crippen LogP contribution < -0.4 is 5.32 Å². The van der Waals surface area contributed by atoms with E-state index in [4.69, 9.17) is 0 Å². The van der Waals surface area contributed by atoms with Crippen molar-refractivity contribution < 1.29 is 0 Å². The van der Waals surface area contributed by atoms with Gasteiger partial charge in [0.05, 0.1) is 0 Å². The molecule has 1 saturated heterocycles. The fraction of sp³-hybridized carbons (Fsp3) is 1.00. The quantitative estimate of drug-likeness (QED) is 0.810. The molecule has 1 saturated carbocycles. The predicted molar refractivity (Wildman–Crippen MR) is 74.2 cm³/mol. The summed E-state index contributed by atoms with van der Waals surface area (Å²) in [6, 6.07) is 0.719. The first-order chi connectivity index (χ1) is 7.92. The van der Waals surface area contributed by atoms with Crippen LogP contribution in [0.1, 0.15) is 47.0 Å². The van der Waals surface area contributed by atoms with Gasteiger partial charge in [-0.15, -0.1) is 0 Å². The summed E-state index contributed by atoms with van der Waals surface area (Å²) in [5.74, 6) is 1.89. The minimum Gasteiger partial charge on any atom is -0.312 e. The first-order valence-corrected chi connectivity index (χ1v) is 7.38. The minimum absolute atomic E-state index is 0.405. The molecule has 2 atom stereocenters. The summed E-state index contributed by atoms with van der Waals surface area (Å²) in [5, 5.41) is 3.77. The number of hydrogen-bond acceptors (Lipinski definition) is 2. The SMILES string of the molecule is CC1CC(NCC(C)(C)C)CN(CC2CC2)C1. The van der Waals surface area contributed by atoms with E-state index in [2.05, 4.69) is 37.9 Å². The number of piperidine rings is 1. The van der Waals surface area contributed by atoms with Crippen LogP contribution in [0.2, 0.25) is 0 Å². The van der Waals surface area contributed by atoms with Crippen molar-refractivity contribution in [1.29, 1.82) is 0 Å². The van der Waals surface area contributed by atoms with Crippen LogP contribution in [0.4, 0.5) is 0 Å². The second kappa shape index (κ2) is 5.27. The molecule has 0 amide bonds. The molecule has 2 nitrogen and oxygen atoms in total. The molecule has 2 rings (SSSR count). The van der Waals surface area contributed by atoms with Gasteiger partial charge in [0, 0.05) is 32.2 Å². The van der Waals surface area contributed by atoms with Crippen LogP contribution in [-0.4, -0.2) is 37.1 Å². The van der Waals surface area contributed by atoms with E-state index < -0.39 is 0 Å². The van der Waals surface area contributed by atoms with Crippen LogP contribution in [0, 0.1) is 17.3 Å². The molecule has 1 heterocycles. The number of likely N-dealkylation sites (tertiary alicyclic amines) is 1. The molecule has 1 N–H and O–H groups in total. The Morgan fingerprint density at radius 3 is 2.47 bits per heavy atom. The summed E-state index contributed by atoms with van der Waals surface area (Å²) in [5.41, 5.74) is 0.405. The molecular formula is C15H30N2. The first kappa shape index (κ1) is 13.4. The van der Waals surface area contributed by atoms with Crippen molar-refractivity contribution >= 4 is 0 Å². The topological polar surface area (TPSA) is 15.3 Å².